The molecule has 1 heterocycles. The minimum absolute atomic E-state index is 0.388. The lowest BCUT2D eigenvalue weighted by Gasteiger charge is -2.16. The second-order valence-electron chi connectivity index (χ2n) is 15.3. The Hall–Kier alpha value is -8.66. The Balaban J connectivity index is 1.07. The minimum Gasteiger partial charge on any atom is -0.261 e. The van der Waals surface area contributed by atoms with Crippen LogP contribution in [-0.2, 0) is 6.54 Å². The molecule has 8 aromatic carbocycles. The highest BCUT2D eigenvalue weighted by molar-refractivity contribution is 6.12. The number of aromatic nitrogens is 2. The zero-order valence-corrected chi connectivity index (χ0v) is 35.3. The van der Waals surface area contributed by atoms with E-state index in [1.807, 2.05) is 103 Å². The molecule has 0 aliphatic rings. The van der Waals surface area contributed by atoms with Crippen molar-refractivity contribution < 1.29 is 0 Å². The molecule has 0 N–H and O–H groups in total. The maximum Gasteiger partial charge on any atom is 0.161 e. The van der Waals surface area contributed by atoms with Gasteiger partial charge in [0.1, 0.15) is 0 Å². The molecule has 0 atom stereocenters. The van der Waals surface area contributed by atoms with Crippen molar-refractivity contribution in [2.45, 2.75) is 13.5 Å². The molecule has 0 aliphatic carbocycles. The van der Waals surface area contributed by atoms with Gasteiger partial charge in [-0.15, -0.1) is 0 Å². The van der Waals surface area contributed by atoms with Gasteiger partial charge in [-0.3, -0.25) is 4.99 Å². The van der Waals surface area contributed by atoms with Crippen LogP contribution in [0.1, 0.15) is 27.8 Å². The van der Waals surface area contributed by atoms with Crippen LogP contribution >= 0.6 is 0 Å². The molecule has 64 heavy (non-hydrogen) atoms. The normalized spacial score (nSPS) is 11.5. The number of nitriles is 1. The summed E-state index contributed by atoms with van der Waals surface area (Å²) in [5, 5.41) is 9.47. The van der Waals surface area contributed by atoms with E-state index in [4.69, 9.17) is 20.0 Å². The molecule has 0 saturated heterocycles. The smallest absolute Gasteiger partial charge is 0.161 e. The standard InChI is InChI=1S/C58H42N6/c1-40-54(44-19-6-3-7-20-44)62-58(63-55(40)45-21-8-4-9-22-45)53-30-13-12-29-52(53)43-31-33-47(34-32-43)57(64-56(60-2)46-23-10-5-11-24-46)61-39-42-18-15-26-49(36-42)51-28-16-27-50(37-51)48-25-14-17-41(35-48)38-59/h3-37H,2,39H2,1H3. The number of rotatable bonds is 10. The fraction of sp³-hybridized carbons (Fsp3) is 0.0345. The molecule has 0 spiro atoms. The van der Waals surface area contributed by atoms with Gasteiger partial charge in [0.05, 0.1) is 29.6 Å². The van der Waals surface area contributed by atoms with Crippen molar-refractivity contribution in [3.8, 4) is 73.4 Å². The van der Waals surface area contributed by atoms with E-state index in [1.54, 1.807) is 0 Å². The van der Waals surface area contributed by atoms with Gasteiger partial charge >= 0.3 is 0 Å². The van der Waals surface area contributed by atoms with E-state index < -0.39 is 0 Å². The Bertz CT molecular complexity index is 3140. The van der Waals surface area contributed by atoms with Crippen molar-refractivity contribution in [3.05, 3.63) is 240 Å². The molecule has 0 saturated carbocycles. The van der Waals surface area contributed by atoms with Crippen LogP contribution in [-0.4, -0.2) is 28.4 Å². The molecule has 1 aromatic heterocycles. The first-order chi connectivity index (χ1) is 31.5. The lowest BCUT2D eigenvalue weighted by Crippen LogP contribution is -2.05. The van der Waals surface area contributed by atoms with Crippen molar-refractivity contribution in [2.75, 3.05) is 0 Å². The Morgan fingerprint density at radius 2 is 0.984 bits per heavy atom. The number of aliphatic imine (C=N–C) groups is 3. The van der Waals surface area contributed by atoms with Crippen molar-refractivity contribution in [1.29, 1.82) is 5.26 Å². The summed E-state index contributed by atoms with van der Waals surface area (Å²) < 4.78 is 0. The molecule has 0 amide bonds. The molecule has 0 unspecified atom stereocenters. The number of hydrogen-bond donors (Lipinski definition) is 0. The van der Waals surface area contributed by atoms with Gasteiger partial charge in [-0.2, -0.15) is 5.26 Å². The van der Waals surface area contributed by atoms with Crippen LogP contribution in [0.4, 0.5) is 0 Å². The molecule has 9 aromatic rings. The summed E-state index contributed by atoms with van der Waals surface area (Å²) in [5.74, 6) is 1.68. The Morgan fingerprint density at radius 1 is 0.484 bits per heavy atom. The lowest BCUT2D eigenvalue weighted by molar-refractivity contribution is 1.06. The molecule has 0 radical (unpaired) electrons. The number of benzene rings is 8. The molecule has 0 aliphatic heterocycles. The average molecular weight is 823 g/mol. The Labute approximate surface area is 374 Å². The maximum absolute atomic E-state index is 9.47. The third-order valence-corrected chi connectivity index (χ3v) is 11.1. The summed E-state index contributed by atoms with van der Waals surface area (Å²) in [6.45, 7) is 6.36. The fourth-order valence-corrected chi connectivity index (χ4v) is 7.85. The van der Waals surface area contributed by atoms with E-state index in [2.05, 4.69) is 134 Å². The zero-order valence-electron chi connectivity index (χ0n) is 35.3. The van der Waals surface area contributed by atoms with E-state index in [9.17, 15) is 5.26 Å². The largest absolute Gasteiger partial charge is 0.261 e. The first-order valence-electron chi connectivity index (χ1n) is 21.1. The summed E-state index contributed by atoms with van der Waals surface area (Å²) in [7, 11) is 0. The van der Waals surface area contributed by atoms with E-state index in [0.717, 1.165) is 83.7 Å². The third kappa shape index (κ3) is 9.01. The number of nitrogens with zero attached hydrogens (tertiary/aromatic N) is 6. The minimum atomic E-state index is 0.388. The quantitative estimate of drug-likeness (QED) is 0.102. The topological polar surface area (TPSA) is 86.6 Å². The second kappa shape index (κ2) is 18.9. The van der Waals surface area contributed by atoms with Crippen molar-refractivity contribution in [2.24, 2.45) is 15.0 Å². The Morgan fingerprint density at radius 3 is 1.59 bits per heavy atom. The molecule has 6 heteroatoms. The van der Waals surface area contributed by atoms with Crippen molar-refractivity contribution >= 4 is 18.4 Å². The van der Waals surface area contributed by atoms with Gasteiger partial charge in [0.15, 0.2) is 17.5 Å². The van der Waals surface area contributed by atoms with Crippen LogP contribution in [0, 0.1) is 18.3 Å². The van der Waals surface area contributed by atoms with Gasteiger partial charge in [0.2, 0.25) is 0 Å². The average Bonchev–Trinajstić information content (AvgIpc) is 3.37. The molecule has 0 bridgehead atoms. The molecular formula is C58H42N6. The summed E-state index contributed by atoms with van der Waals surface area (Å²) >= 11 is 0. The van der Waals surface area contributed by atoms with Crippen LogP contribution in [0.2, 0.25) is 0 Å². The third-order valence-electron chi connectivity index (χ3n) is 11.1. The van der Waals surface area contributed by atoms with Crippen LogP contribution in [0.3, 0.4) is 0 Å². The van der Waals surface area contributed by atoms with Crippen LogP contribution in [0.15, 0.2) is 227 Å². The predicted octanol–water partition coefficient (Wildman–Crippen LogP) is 13.8. The first kappa shape index (κ1) is 40.7. The monoisotopic (exact) mass is 822 g/mol. The summed E-state index contributed by atoms with van der Waals surface area (Å²) in [5.41, 5.74) is 15.4. The van der Waals surface area contributed by atoms with E-state index in [1.165, 1.54) is 0 Å². The van der Waals surface area contributed by atoms with Crippen molar-refractivity contribution in [3.63, 3.8) is 0 Å². The second-order valence-corrected chi connectivity index (χ2v) is 15.3. The first-order valence-corrected chi connectivity index (χ1v) is 21.1. The number of hydrogen-bond acceptors (Lipinski definition) is 4. The fourth-order valence-electron chi connectivity index (χ4n) is 7.85. The maximum atomic E-state index is 9.47. The van der Waals surface area contributed by atoms with Crippen LogP contribution in [0.25, 0.3) is 67.3 Å². The van der Waals surface area contributed by atoms with Crippen molar-refractivity contribution in [1.82, 2.24) is 9.97 Å². The SMILES string of the molecule is C=NC(=NC(=NCc1cccc(-c2cccc(-c3cccc(C#N)c3)c2)c1)c1ccc(-c2ccccc2-c2nc(-c3ccccc3)c(C)c(-c3ccccc3)n2)cc1)c1ccccc1. The zero-order chi connectivity index (χ0) is 43.7. The lowest BCUT2D eigenvalue weighted by atomic mass is 9.96. The number of amidine groups is 2. The van der Waals surface area contributed by atoms with Gasteiger partial charge in [-0.25, -0.2) is 20.0 Å². The molecular weight excluding hydrogens is 781 g/mol. The van der Waals surface area contributed by atoms with Gasteiger partial charge < -0.3 is 0 Å². The van der Waals surface area contributed by atoms with E-state index in [-0.39, 0.29) is 0 Å². The summed E-state index contributed by atoms with van der Waals surface area (Å²) in [4.78, 5) is 25.0. The van der Waals surface area contributed by atoms with E-state index in [0.29, 0.717) is 29.6 Å². The van der Waals surface area contributed by atoms with Gasteiger partial charge in [0, 0.05) is 33.4 Å². The summed E-state index contributed by atoms with van der Waals surface area (Å²) in [6.07, 6.45) is 0. The molecule has 0 fully saturated rings. The van der Waals surface area contributed by atoms with Crippen LogP contribution < -0.4 is 0 Å². The van der Waals surface area contributed by atoms with Gasteiger partial charge in [-0.05, 0) is 76.9 Å². The highest BCUT2D eigenvalue weighted by Crippen LogP contribution is 2.36. The highest BCUT2D eigenvalue weighted by atomic mass is 15.0. The molecule has 304 valence electrons. The highest BCUT2D eigenvalue weighted by Gasteiger charge is 2.18. The van der Waals surface area contributed by atoms with Gasteiger partial charge in [-0.1, -0.05) is 188 Å². The Kier molecular flexibility index (Phi) is 12.1. The molecule has 6 nitrogen and oxygen atoms in total. The van der Waals surface area contributed by atoms with Crippen LogP contribution in [0.5, 0.6) is 0 Å². The predicted molar refractivity (Wildman–Crippen MR) is 263 cm³/mol. The summed E-state index contributed by atoms with van der Waals surface area (Å²) in [6, 6.07) is 73.8. The van der Waals surface area contributed by atoms with E-state index >= 15 is 0 Å². The molecule has 9 rings (SSSR count). The van der Waals surface area contributed by atoms with Gasteiger partial charge in [0.25, 0.3) is 0 Å².